The van der Waals surface area contributed by atoms with E-state index in [0.29, 0.717) is 19.1 Å². The molecule has 0 saturated carbocycles. The Balaban J connectivity index is 1.75. The number of ether oxygens (including phenoxy) is 2. The molecule has 144 valence electrons. The number of nitrogens with one attached hydrogen (secondary N) is 1. The molecule has 0 aromatic heterocycles. The molecule has 0 heterocycles. The summed E-state index contributed by atoms with van der Waals surface area (Å²) in [7, 11) is 0. The Hall–Kier alpha value is -2.82. The van der Waals surface area contributed by atoms with Crippen LogP contribution in [-0.4, -0.2) is 25.3 Å². The molecular weight excluding hydrogens is 340 g/mol. The average Bonchev–Trinajstić information content (AvgIpc) is 2.68. The summed E-state index contributed by atoms with van der Waals surface area (Å²) in [6.45, 7) is 6.96. The lowest BCUT2D eigenvalue weighted by molar-refractivity contribution is -0.118. The van der Waals surface area contributed by atoms with E-state index < -0.39 is 0 Å². The van der Waals surface area contributed by atoms with Crippen LogP contribution in [0.15, 0.2) is 53.6 Å². The van der Waals surface area contributed by atoms with Gasteiger partial charge in [0.25, 0.3) is 0 Å². The maximum atomic E-state index is 10.9. The third-order valence-electron chi connectivity index (χ3n) is 4.22. The van der Waals surface area contributed by atoms with Crippen LogP contribution in [0, 0.1) is 0 Å². The number of hydrogen-bond acceptors (Lipinski definition) is 4. The number of carbonyl (C=O) groups is 1. The molecule has 5 nitrogen and oxygen atoms in total. The van der Waals surface area contributed by atoms with Crippen molar-refractivity contribution in [2.75, 3.05) is 13.2 Å². The number of nitrogens with zero attached hydrogens (tertiary/aromatic N) is 1. The van der Waals surface area contributed by atoms with Gasteiger partial charge in [-0.25, -0.2) is 5.43 Å². The highest BCUT2D eigenvalue weighted by Crippen LogP contribution is 2.21. The largest absolute Gasteiger partial charge is 0.493 e. The van der Waals surface area contributed by atoms with E-state index in [0.717, 1.165) is 29.9 Å². The number of rotatable bonds is 10. The standard InChI is InChI=1S/C22H28N2O3/c1-4-17(2)19-10-12-21(13-11-19)26-14-7-15-27-22-9-6-5-8-20(22)16-23-24-18(3)25/h5-6,8-13,16-17H,4,7,14-15H2,1-3H3,(H,24,25)/b23-16+. The van der Waals surface area contributed by atoms with E-state index >= 15 is 0 Å². The van der Waals surface area contributed by atoms with Crippen molar-refractivity contribution in [2.24, 2.45) is 5.10 Å². The van der Waals surface area contributed by atoms with Gasteiger partial charge in [0, 0.05) is 18.9 Å². The molecule has 0 bridgehead atoms. The SMILES string of the molecule is CCC(C)c1ccc(OCCCOc2ccccc2/C=N/NC(C)=O)cc1. The summed E-state index contributed by atoms with van der Waals surface area (Å²) in [6, 6.07) is 15.9. The summed E-state index contributed by atoms with van der Waals surface area (Å²) in [4.78, 5) is 10.9. The molecule has 0 spiro atoms. The maximum absolute atomic E-state index is 10.9. The van der Waals surface area contributed by atoms with Crippen molar-refractivity contribution in [3.8, 4) is 11.5 Å². The molecule has 0 aliphatic carbocycles. The van der Waals surface area contributed by atoms with Gasteiger partial charge in [-0.15, -0.1) is 0 Å². The molecule has 0 radical (unpaired) electrons. The Morgan fingerprint density at radius 2 is 1.81 bits per heavy atom. The average molecular weight is 368 g/mol. The Morgan fingerprint density at radius 3 is 2.52 bits per heavy atom. The third-order valence-corrected chi connectivity index (χ3v) is 4.22. The minimum Gasteiger partial charge on any atom is -0.493 e. The predicted molar refractivity (Wildman–Crippen MR) is 109 cm³/mol. The van der Waals surface area contributed by atoms with E-state index in [1.165, 1.54) is 12.5 Å². The van der Waals surface area contributed by atoms with Crippen LogP contribution in [0.2, 0.25) is 0 Å². The third kappa shape index (κ3) is 7.13. The zero-order valence-electron chi connectivity index (χ0n) is 16.3. The first-order valence-electron chi connectivity index (χ1n) is 9.34. The van der Waals surface area contributed by atoms with Crippen molar-refractivity contribution < 1.29 is 14.3 Å². The van der Waals surface area contributed by atoms with Crippen LogP contribution < -0.4 is 14.9 Å². The number of hydrogen-bond donors (Lipinski definition) is 1. The molecule has 1 unspecified atom stereocenters. The normalized spacial score (nSPS) is 12.0. The van der Waals surface area contributed by atoms with Gasteiger partial charge in [0.2, 0.25) is 5.91 Å². The molecule has 2 rings (SSSR count). The van der Waals surface area contributed by atoms with Crippen molar-refractivity contribution >= 4 is 12.1 Å². The Morgan fingerprint density at radius 1 is 1.11 bits per heavy atom. The summed E-state index contributed by atoms with van der Waals surface area (Å²) in [5.41, 5.74) is 4.54. The Bertz CT molecular complexity index is 741. The van der Waals surface area contributed by atoms with Crippen molar-refractivity contribution in [3.05, 3.63) is 59.7 Å². The fraction of sp³-hybridized carbons (Fsp3) is 0.364. The minimum atomic E-state index is -0.209. The van der Waals surface area contributed by atoms with Crippen molar-refractivity contribution in [1.82, 2.24) is 5.43 Å². The number of amides is 1. The molecule has 0 aliphatic rings. The molecule has 2 aromatic rings. The van der Waals surface area contributed by atoms with Crippen molar-refractivity contribution in [3.63, 3.8) is 0 Å². The smallest absolute Gasteiger partial charge is 0.236 e. The highest BCUT2D eigenvalue weighted by atomic mass is 16.5. The number of hydrazone groups is 1. The summed E-state index contributed by atoms with van der Waals surface area (Å²) in [6.07, 6.45) is 3.48. The monoisotopic (exact) mass is 368 g/mol. The van der Waals surface area contributed by atoms with Crippen molar-refractivity contribution in [2.45, 2.75) is 39.5 Å². The van der Waals surface area contributed by atoms with Crippen LogP contribution in [-0.2, 0) is 4.79 Å². The van der Waals surface area contributed by atoms with E-state index in [9.17, 15) is 4.79 Å². The van der Waals surface area contributed by atoms with Gasteiger partial charge in [-0.3, -0.25) is 4.79 Å². The zero-order valence-corrected chi connectivity index (χ0v) is 16.3. The van der Waals surface area contributed by atoms with Crippen LogP contribution in [0.4, 0.5) is 0 Å². The quantitative estimate of drug-likeness (QED) is 0.381. The predicted octanol–water partition coefficient (Wildman–Crippen LogP) is 4.52. The second-order valence-electron chi connectivity index (χ2n) is 6.39. The Labute approximate surface area is 161 Å². The molecule has 5 heteroatoms. The summed E-state index contributed by atoms with van der Waals surface area (Å²) in [5.74, 6) is 1.97. The second-order valence-corrected chi connectivity index (χ2v) is 6.39. The molecule has 0 saturated heterocycles. The molecule has 2 aromatic carbocycles. The molecule has 27 heavy (non-hydrogen) atoms. The molecule has 1 atom stereocenters. The van der Waals surface area contributed by atoms with Crippen LogP contribution in [0.1, 0.15) is 50.7 Å². The van der Waals surface area contributed by atoms with Gasteiger partial charge in [0.1, 0.15) is 11.5 Å². The minimum absolute atomic E-state index is 0.209. The van der Waals surface area contributed by atoms with E-state index in [4.69, 9.17) is 9.47 Å². The van der Waals surface area contributed by atoms with Gasteiger partial charge < -0.3 is 9.47 Å². The van der Waals surface area contributed by atoms with E-state index in [2.05, 4.69) is 36.5 Å². The number of carbonyl (C=O) groups excluding carboxylic acids is 1. The van der Waals surface area contributed by atoms with Gasteiger partial charge in [0.15, 0.2) is 0 Å². The molecular formula is C22H28N2O3. The second kappa shape index (κ2) is 11.0. The first-order chi connectivity index (χ1) is 13.1. The summed E-state index contributed by atoms with van der Waals surface area (Å²) >= 11 is 0. The van der Waals surface area contributed by atoms with Crippen LogP contribution >= 0.6 is 0 Å². The maximum Gasteiger partial charge on any atom is 0.236 e. The lowest BCUT2D eigenvalue weighted by atomic mass is 9.99. The van der Waals surface area contributed by atoms with Crippen LogP contribution in [0.3, 0.4) is 0 Å². The van der Waals surface area contributed by atoms with E-state index in [-0.39, 0.29) is 5.91 Å². The molecule has 1 N–H and O–H groups in total. The van der Waals surface area contributed by atoms with Crippen LogP contribution in [0.5, 0.6) is 11.5 Å². The number of para-hydroxylation sites is 1. The lowest BCUT2D eigenvalue weighted by Gasteiger charge is -2.11. The van der Waals surface area contributed by atoms with Gasteiger partial charge in [-0.1, -0.05) is 38.1 Å². The fourth-order valence-corrected chi connectivity index (χ4v) is 2.47. The summed E-state index contributed by atoms with van der Waals surface area (Å²) in [5, 5.41) is 3.88. The Kier molecular flexibility index (Phi) is 8.36. The topological polar surface area (TPSA) is 59.9 Å². The molecule has 0 fully saturated rings. The van der Waals surface area contributed by atoms with Gasteiger partial charge in [-0.2, -0.15) is 5.10 Å². The van der Waals surface area contributed by atoms with Gasteiger partial charge in [-0.05, 0) is 42.2 Å². The molecule has 0 aliphatic heterocycles. The first-order valence-corrected chi connectivity index (χ1v) is 9.34. The van der Waals surface area contributed by atoms with Crippen LogP contribution in [0.25, 0.3) is 0 Å². The first kappa shape index (κ1) is 20.5. The zero-order chi connectivity index (χ0) is 19.5. The number of benzene rings is 2. The van der Waals surface area contributed by atoms with Crippen molar-refractivity contribution in [1.29, 1.82) is 0 Å². The lowest BCUT2D eigenvalue weighted by Crippen LogP contribution is -2.12. The fourth-order valence-electron chi connectivity index (χ4n) is 2.47. The van der Waals surface area contributed by atoms with E-state index in [1.807, 2.05) is 36.4 Å². The van der Waals surface area contributed by atoms with E-state index in [1.54, 1.807) is 6.21 Å². The van der Waals surface area contributed by atoms with Gasteiger partial charge >= 0.3 is 0 Å². The summed E-state index contributed by atoms with van der Waals surface area (Å²) < 4.78 is 11.6. The highest BCUT2D eigenvalue weighted by molar-refractivity contribution is 5.84. The highest BCUT2D eigenvalue weighted by Gasteiger charge is 2.03. The van der Waals surface area contributed by atoms with Gasteiger partial charge in [0.05, 0.1) is 19.4 Å². The molecule has 1 amide bonds.